The first-order valence-corrected chi connectivity index (χ1v) is 6.49. The first kappa shape index (κ1) is 13.7. The van der Waals surface area contributed by atoms with Crippen LogP contribution in [0, 0.1) is 0 Å². The summed E-state index contributed by atoms with van der Waals surface area (Å²) in [6, 6.07) is 5.70. The summed E-state index contributed by atoms with van der Waals surface area (Å²) in [4.78, 5) is 0. The molecule has 0 aliphatic rings. The van der Waals surface area contributed by atoms with Crippen molar-refractivity contribution in [3.63, 3.8) is 0 Å². The third-order valence-electron chi connectivity index (χ3n) is 3.14. The number of hydrogen-bond acceptors (Lipinski definition) is 3. The van der Waals surface area contributed by atoms with E-state index < -0.39 is 0 Å². The van der Waals surface area contributed by atoms with Crippen LogP contribution >= 0.6 is 11.6 Å². The summed E-state index contributed by atoms with van der Waals surface area (Å²) in [5, 5.41) is 4.99. The Labute approximate surface area is 118 Å². The van der Waals surface area contributed by atoms with E-state index in [1.807, 2.05) is 25.2 Å². The summed E-state index contributed by atoms with van der Waals surface area (Å²) in [5.41, 5.74) is 8.80. The SMILES string of the molecule is COc1cc(C(C)C)c(-c2cc(N)n(C)n2)cc1Cl. The average Bonchev–Trinajstić information content (AvgIpc) is 2.68. The molecule has 0 unspecified atom stereocenters. The fraction of sp³-hybridized carbons (Fsp3) is 0.357. The Kier molecular flexibility index (Phi) is 3.71. The van der Waals surface area contributed by atoms with Gasteiger partial charge in [-0.3, -0.25) is 4.68 Å². The van der Waals surface area contributed by atoms with E-state index in [4.69, 9.17) is 22.1 Å². The Balaban J connectivity index is 2.64. The van der Waals surface area contributed by atoms with E-state index in [2.05, 4.69) is 18.9 Å². The molecule has 1 aromatic carbocycles. The van der Waals surface area contributed by atoms with E-state index in [0.717, 1.165) is 16.8 Å². The Bertz CT molecular complexity index is 585. The number of aryl methyl sites for hydroxylation is 1. The summed E-state index contributed by atoms with van der Waals surface area (Å²) in [7, 11) is 3.43. The van der Waals surface area contributed by atoms with Crippen LogP contribution in [0.2, 0.25) is 5.02 Å². The van der Waals surface area contributed by atoms with E-state index in [1.165, 1.54) is 0 Å². The molecule has 0 spiro atoms. The number of benzene rings is 1. The Morgan fingerprint density at radius 1 is 1.32 bits per heavy atom. The van der Waals surface area contributed by atoms with Crippen LogP contribution in [0.1, 0.15) is 25.3 Å². The highest BCUT2D eigenvalue weighted by atomic mass is 35.5. The Hall–Kier alpha value is -1.68. The van der Waals surface area contributed by atoms with Gasteiger partial charge >= 0.3 is 0 Å². The molecule has 0 fully saturated rings. The van der Waals surface area contributed by atoms with Crippen LogP contribution in [0.25, 0.3) is 11.3 Å². The zero-order chi connectivity index (χ0) is 14.2. The molecule has 1 heterocycles. The molecule has 19 heavy (non-hydrogen) atoms. The molecule has 4 nitrogen and oxygen atoms in total. The lowest BCUT2D eigenvalue weighted by atomic mass is 9.95. The zero-order valence-corrected chi connectivity index (χ0v) is 12.3. The van der Waals surface area contributed by atoms with Gasteiger partial charge < -0.3 is 10.5 Å². The standard InChI is InChI=1S/C14H18ClN3O/c1-8(2)9-6-13(19-4)11(15)5-10(9)12-7-14(16)18(3)17-12/h5-8H,16H2,1-4H3. The van der Waals surface area contributed by atoms with E-state index in [9.17, 15) is 0 Å². The summed E-state index contributed by atoms with van der Waals surface area (Å²) in [6.07, 6.45) is 0. The van der Waals surface area contributed by atoms with Crippen LogP contribution in [0.15, 0.2) is 18.2 Å². The van der Waals surface area contributed by atoms with Crippen molar-refractivity contribution in [3.05, 3.63) is 28.8 Å². The molecule has 0 atom stereocenters. The summed E-state index contributed by atoms with van der Waals surface area (Å²) >= 11 is 6.21. The lowest BCUT2D eigenvalue weighted by Crippen LogP contribution is -1.98. The number of rotatable bonds is 3. The van der Waals surface area contributed by atoms with Crippen molar-refractivity contribution in [2.75, 3.05) is 12.8 Å². The van der Waals surface area contributed by atoms with Crippen molar-refractivity contribution in [2.24, 2.45) is 7.05 Å². The van der Waals surface area contributed by atoms with Gasteiger partial charge in [-0.25, -0.2) is 0 Å². The minimum Gasteiger partial charge on any atom is -0.495 e. The lowest BCUT2D eigenvalue weighted by molar-refractivity contribution is 0.414. The first-order chi connectivity index (χ1) is 8.93. The van der Waals surface area contributed by atoms with Gasteiger partial charge in [-0.2, -0.15) is 5.10 Å². The minimum absolute atomic E-state index is 0.337. The molecule has 0 saturated heterocycles. The Morgan fingerprint density at radius 3 is 2.47 bits per heavy atom. The van der Waals surface area contributed by atoms with Crippen LogP contribution in [-0.4, -0.2) is 16.9 Å². The second-order valence-electron chi connectivity index (χ2n) is 4.81. The highest BCUT2D eigenvalue weighted by Crippen LogP contribution is 2.37. The highest BCUT2D eigenvalue weighted by molar-refractivity contribution is 6.32. The first-order valence-electron chi connectivity index (χ1n) is 6.11. The van der Waals surface area contributed by atoms with Gasteiger partial charge in [0.1, 0.15) is 11.6 Å². The maximum atomic E-state index is 6.21. The number of nitrogens with two attached hydrogens (primary N) is 1. The maximum Gasteiger partial charge on any atom is 0.137 e. The van der Waals surface area contributed by atoms with Crippen LogP contribution in [0.4, 0.5) is 5.82 Å². The molecule has 5 heteroatoms. The third kappa shape index (κ3) is 2.54. The van der Waals surface area contributed by atoms with Crippen LogP contribution < -0.4 is 10.5 Å². The number of halogens is 1. The van der Waals surface area contributed by atoms with E-state index in [0.29, 0.717) is 22.5 Å². The fourth-order valence-electron chi connectivity index (χ4n) is 2.04. The molecular weight excluding hydrogens is 262 g/mol. The molecule has 0 radical (unpaired) electrons. The second-order valence-corrected chi connectivity index (χ2v) is 5.21. The van der Waals surface area contributed by atoms with Crippen molar-refractivity contribution >= 4 is 17.4 Å². The summed E-state index contributed by atoms with van der Waals surface area (Å²) in [5.74, 6) is 1.64. The number of nitrogen functional groups attached to an aromatic ring is 1. The second kappa shape index (κ2) is 5.13. The predicted molar refractivity (Wildman–Crippen MR) is 78.7 cm³/mol. The molecule has 0 aliphatic carbocycles. The molecule has 0 bridgehead atoms. The van der Waals surface area contributed by atoms with Crippen molar-refractivity contribution in [3.8, 4) is 17.0 Å². The molecule has 102 valence electrons. The van der Waals surface area contributed by atoms with Gasteiger partial charge in [-0.15, -0.1) is 0 Å². The molecule has 2 rings (SSSR count). The van der Waals surface area contributed by atoms with Crippen molar-refractivity contribution in [1.29, 1.82) is 0 Å². The molecule has 0 aliphatic heterocycles. The van der Waals surface area contributed by atoms with Gasteiger partial charge in [0, 0.05) is 18.7 Å². The zero-order valence-electron chi connectivity index (χ0n) is 11.6. The van der Waals surface area contributed by atoms with Gasteiger partial charge in [-0.05, 0) is 23.6 Å². The van der Waals surface area contributed by atoms with Crippen molar-refractivity contribution in [1.82, 2.24) is 9.78 Å². The number of aromatic nitrogens is 2. The summed E-state index contributed by atoms with van der Waals surface area (Å²) < 4.78 is 6.92. The largest absolute Gasteiger partial charge is 0.495 e. The van der Waals surface area contributed by atoms with Gasteiger partial charge in [0.15, 0.2) is 0 Å². The minimum atomic E-state index is 0.337. The van der Waals surface area contributed by atoms with Crippen molar-refractivity contribution in [2.45, 2.75) is 19.8 Å². The average molecular weight is 280 g/mol. The Morgan fingerprint density at radius 2 is 2.00 bits per heavy atom. The predicted octanol–water partition coefficient (Wildman–Crippen LogP) is 3.45. The number of nitrogens with zero attached hydrogens (tertiary/aromatic N) is 2. The van der Waals surface area contributed by atoms with Gasteiger partial charge in [0.25, 0.3) is 0 Å². The van der Waals surface area contributed by atoms with E-state index >= 15 is 0 Å². The smallest absolute Gasteiger partial charge is 0.137 e. The summed E-state index contributed by atoms with van der Waals surface area (Å²) in [6.45, 7) is 4.25. The molecule has 1 aromatic heterocycles. The third-order valence-corrected chi connectivity index (χ3v) is 3.43. The van der Waals surface area contributed by atoms with Crippen molar-refractivity contribution < 1.29 is 4.74 Å². The normalized spacial score (nSPS) is 11.1. The van der Waals surface area contributed by atoms with E-state index in [1.54, 1.807) is 11.8 Å². The van der Waals surface area contributed by atoms with Crippen LogP contribution in [-0.2, 0) is 7.05 Å². The van der Waals surface area contributed by atoms with Gasteiger partial charge in [-0.1, -0.05) is 25.4 Å². The van der Waals surface area contributed by atoms with Crippen LogP contribution in [0.5, 0.6) is 5.75 Å². The van der Waals surface area contributed by atoms with Gasteiger partial charge in [0.05, 0.1) is 17.8 Å². The van der Waals surface area contributed by atoms with Gasteiger partial charge in [0.2, 0.25) is 0 Å². The van der Waals surface area contributed by atoms with E-state index in [-0.39, 0.29) is 0 Å². The quantitative estimate of drug-likeness (QED) is 0.936. The molecule has 2 N–H and O–H groups in total. The highest BCUT2D eigenvalue weighted by Gasteiger charge is 2.16. The molecule has 2 aromatic rings. The monoisotopic (exact) mass is 279 g/mol. The maximum absolute atomic E-state index is 6.21. The molecular formula is C14H18ClN3O. The number of methoxy groups -OCH3 is 1. The molecule has 0 saturated carbocycles. The van der Waals surface area contributed by atoms with Crippen LogP contribution in [0.3, 0.4) is 0 Å². The topological polar surface area (TPSA) is 53.1 Å². The fourth-order valence-corrected chi connectivity index (χ4v) is 2.28. The number of hydrogen-bond donors (Lipinski definition) is 1. The number of ether oxygens (including phenoxy) is 1. The number of anilines is 1. The lowest BCUT2D eigenvalue weighted by Gasteiger charge is -2.14. The molecule has 0 amide bonds.